The van der Waals surface area contributed by atoms with E-state index in [0.717, 1.165) is 38.0 Å². The number of fused-ring (bicyclic) bond motifs is 1. The number of hydrogen-bond donors (Lipinski definition) is 0. The van der Waals surface area contributed by atoms with Crippen LogP contribution in [0.1, 0.15) is 0 Å². The van der Waals surface area contributed by atoms with Crippen molar-refractivity contribution in [3.63, 3.8) is 0 Å². The summed E-state index contributed by atoms with van der Waals surface area (Å²) in [4.78, 5) is 0.750. The van der Waals surface area contributed by atoms with Crippen LogP contribution in [0.2, 0.25) is 0 Å². The maximum Gasteiger partial charge on any atom is 0.235 e. The van der Waals surface area contributed by atoms with E-state index in [4.69, 9.17) is 10.2 Å². The van der Waals surface area contributed by atoms with Crippen LogP contribution in [0.4, 0.5) is 0 Å². The molecule has 0 saturated heterocycles. The Bertz CT molecular complexity index is 1470. The molecule has 3 aromatic heterocycles. The van der Waals surface area contributed by atoms with Gasteiger partial charge in [-0.05, 0) is 12.1 Å². The molecule has 6 aromatic rings. The molecule has 3 aromatic carbocycles. The zero-order valence-electron chi connectivity index (χ0n) is 16.3. The van der Waals surface area contributed by atoms with Gasteiger partial charge in [0.2, 0.25) is 4.96 Å². The molecule has 0 aliphatic rings. The van der Waals surface area contributed by atoms with Crippen molar-refractivity contribution in [2.75, 3.05) is 0 Å². The van der Waals surface area contributed by atoms with Crippen LogP contribution in [0.25, 0.3) is 43.9 Å². The van der Waals surface area contributed by atoms with Gasteiger partial charge in [-0.3, -0.25) is 0 Å². The van der Waals surface area contributed by atoms with Gasteiger partial charge in [0, 0.05) is 17.3 Å². The molecule has 0 aliphatic heterocycles. The monoisotopic (exact) mass is 420 g/mol. The van der Waals surface area contributed by atoms with Crippen molar-refractivity contribution in [3.05, 3.63) is 97.2 Å². The average molecular weight is 421 g/mol. The number of benzene rings is 3. The fraction of sp³-hybridized carbons (Fsp3) is 0. The topological polar surface area (TPSA) is 60.9 Å². The largest absolute Gasteiger partial charge is 0.240 e. The van der Waals surface area contributed by atoms with Crippen LogP contribution in [0, 0.1) is 0 Å². The van der Waals surface area contributed by atoms with Gasteiger partial charge in [0.1, 0.15) is 10.7 Å². The van der Waals surface area contributed by atoms with Crippen LogP contribution < -0.4 is 0 Å². The highest BCUT2D eigenvalue weighted by Gasteiger charge is 2.21. The summed E-state index contributed by atoms with van der Waals surface area (Å²) in [6.07, 6.45) is 2.00. The van der Waals surface area contributed by atoms with E-state index in [2.05, 4.69) is 22.3 Å². The Hall–Kier alpha value is -4.10. The first kappa shape index (κ1) is 17.7. The van der Waals surface area contributed by atoms with Gasteiger partial charge in [-0.1, -0.05) is 90.2 Å². The first-order valence-electron chi connectivity index (χ1n) is 9.85. The molecule has 0 atom stereocenters. The maximum atomic E-state index is 4.89. The van der Waals surface area contributed by atoms with Gasteiger partial charge in [0.25, 0.3) is 0 Å². The van der Waals surface area contributed by atoms with Gasteiger partial charge in [-0.25, -0.2) is 4.68 Å². The smallest absolute Gasteiger partial charge is 0.235 e. The van der Waals surface area contributed by atoms with Crippen LogP contribution >= 0.6 is 11.3 Å². The number of rotatable bonds is 4. The lowest BCUT2D eigenvalue weighted by Gasteiger charge is -2.00. The van der Waals surface area contributed by atoms with Crippen LogP contribution in [-0.2, 0) is 0 Å². The number of nitrogens with zero attached hydrogens (tertiary/aromatic N) is 6. The normalized spacial score (nSPS) is 11.2. The molecule has 0 bridgehead atoms. The van der Waals surface area contributed by atoms with Crippen LogP contribution in [0.5, 0.6) is 0 Å². The van der Waals surface area contributed by atoms with E-state index in [1.807, 2.05) is 94.3 Å². The quantitative estimate of drug-likeness (QED) is 0.385. The lowest BCUT2D eigenvalue weighted by molar-refractivity contribution is 0.884. The number of hydrogen-bond acceptors (Lipinski definition) is 5. The van der Waals surface area contributed by atoms with E-state index in [1.165, 1.54) is 11.3 Å². The predicted molar refractivity (Wildman–Crippen MR) is 122 cm³/mol. The van der Waals surface area contributed by atoms with E-state index in [9.17, 15) is 0 Å². The molecule has 0 radical (unpaired) electrons. The van der Waals surface area contributed by atoms with Crippen molar-refractivity contribution in [3.8, 4) is 38.9 Å². The third-order valence-corrected chi connectivity index (χ3v) is 5.98. The minimum Gasteiger partial charge on any atom is -0.240 e. The summed E-state index contributed by atoms with van der Waals surface area (Å²) in [7, 11) is 0. The van der Waals surface area contributed by atoms with Crippen molar-refractivity contribution < 1.29 is 0 Å². The summed E-state index contributed by atoms with van der Waals surface area (Å²) in [6, 6.07) is 30.3. The van der Waals surface area contributed by atoms with Crippen LogP contribution in [0.3, 0.4) is 0 Å². The third-order valence-electron chi connectivity index (χ3n) is 5.03. The van der Waals surface area contributed by atoms with Gasteiger partial charge in [-0.2, -0.15) is 14.7 Å². The van der Waals surface area contributed by atoms with Crippen molar-refractivity contribution in [1.82, 2.24) is 29.6 Å². The minimum absolute atomic E-state index is 0.675. The highest BCUT2D eigenvalue weighted by molar-refractivity contribution is 7.19. The molecule has 0 fully saturated rings. The molecule has 7 heteroatoms. The summed E-state index contributed by atoms with van der Waals surface area (Å²) in [5.41, 5.74) is 4.78. The molecule has 0 unspecified atom stereocenters. The van der Waals surface area contributed by atoms with E-state index < -0.39 is 0 Å². The standard InChI is InChI=1S/C24H16N6S/c1-4-10-17(11-5-1)21-20(16-29(27-21)19-14-8-3-9-15-19)22-25-26-24-30(22)28-23(31-24)18-12-6-2-7-13-18/h1-16H. The molecule has 0 amide bonds. The van der Waals surface area contributed by atoms with Crippen molar-refractivity contribution in [2.45, 2.75) is 0 Å². The SMILES string of the molecule is c1ccc(-c2nn3c(-c4cn(-c5ccccc5)nc4-c4ccccc4)nnc3s2)cc1. The fourth-order valence-electron chi connectivity index (χ4n) is 3.54. The molecule has 6 rings (SSSR count). The van der Waals surface area contributed by atoms with Gasteiger partial charge < -0.3 is 0 Å². The van der Waals surface area contributed by atoms with Crippen LogP contribution in [0.15, 0.2) is 97.2 Å². The van der Waals surface area contributed by atoms with Crippen molar-refractivity contribution >= 4 is 16.3 Å². The zero-order chi connectivity index (χ0) is 20.6. The summed E-state index contributed by atoms with van der Waals surface area (Å²) >= 11 is 1.52. The van der Waals surface area contributed by atoms with E-state index in [-0.39, 0.29) is 0 Å². The minimum atomic E-state index is 0.675. The number of para-hydroxylation sites is 1. The second kappa shape index (κ2) is 7.30. The second-order valence-corrected chi connectivity index (χ2v) is 7.98. The first-order valence-corrected chi connectivity index (χ1v) is 10.7. The lowest BCUT2D eigenvalue weighted by atomic mass is 10.1. The molecule has 148 valence electrons. The molecular weight excluding hydrogens is 404 g/mol. The Labute approximate surface area is 182 Å². The van der Waals surface area contributed by atoms with Gasteiger partial charge >= 0.3 is 0 Å². The Morgan fingerprint density at radius 3 is 2.00 bits per heavy atom. The highest BCUT2D eigenvalue weighted by Crippen LogP contribution is 2.33. The first-order chi connectivity index (χ1) is 15.4. The van der Waals surface area contributed by atoms with E-state index >= 15 is 0 Å². The van der Waals surface area contributed by atoms with Gasteiger partial charge in [0.05, 0.1) is 11.3 Å². The van der Waals surface area contributed by atoms with Gasteiger partial charge in [0.15, 0.2) is 5.82 Å². The molecule has 0 aliphatic carbocycles. The van der Waals surface area contributed by atoms with Crippen LogP contribution in [-0.4, -0.2) is 29.6 Å². The van der Waals surface area contributed by atoms with Crippen molar-refractivity contribution in [1.29, 1.82) is 0 Å². The Kier molecular flexibility index (Phi) is 4.18. The fourth-order valence-corrected chi connectivity index (χ4v) is 4.39. The zero-order valence-corrected chi connectivity index (χ0v) is 17.1. The Balaban J connectivity index is 1.55. The average Bonchev–Trinajstić information content (AvgIpc) is 3.55. The molecule has 0 spiro atoms. The summed E-state index contributed by atoms with van der Waals surface area (Å²) < 4.78 is 3.69. The molecule has 0 saturated carbocycles. The van der Waals surface area contributed by atoms with E-state index in [0.29, 0.717) is 5.82 Å². The molecular formula is C24H16N6S. The highest BCUT2D eigenvalue weighted by atomic mass is 32.1. The summed E-state index contributed by atoms with van der Waals surface area (Å²) in [5, 5.41) is 19.5. The predicted octanol–water partition coefficient (Wildman–Crippen LogP) is 5.37. The second-order valence-electron chi connectivity index (χ2n) is 7.03. The van der Waals surface area contributed by atoms with Crippen molar-refractivity contribution in [2.24, 2.45) is 0 Å². The lowest BCUT2D eigenvalue weighted by Crippen LogP contribution is -1.93. The van der Waals surface area contributed by atoms with Gasteiger partial charge in [-0.15, -0.1) is 10.2 Å². The summed E-state index contributed by atoms with van der Waals surface area (Å²) in [6.45, 7) is 0. The van der Waals surface area contributed by atoms with E-state index in [1.54, 1.807) is 0 Å². The molecule has 0 N–H and O–H groups in total. The Morgan fingerprint density at radius 2 is 1.29 bits per heavy atom. The Morgan fingerprint density at radius 1 is 0.645 bits per heavy atom. The summed E-state index contributed by atoms with van der Waals surface area (Å²) in [5.74, 6) is 0.675. The third kappa shape index (κ3) is 3.12. The maximum absolute atomic E-state index is 4.89. The molecule has 31 heavy (non-hydrogen) atoms. The molecule has 6 nitrogen and oxygen atoms in total. The number of aromatic nitrogens is 6. The molecule has 3 heterocycles.